The van der Waals surface area contributed by atoms with E-state index in [0.29, 0.717) is 5.92 Å². The lowest BCUT2D eigenvalue weighted by molar-refractivity contribution is 0.440. The third-order valence-corrected chi connectivity index (χ3v) is 3.37. The first-order chi connectivity index (χ1) is 9.15. The second-order valence-electron chi connectivity index (χ2n) is 5.35. The van der Waals surface area contributed by atoms with Crippen molar-refractivity contribution in [2.75, 3.05) is 6.54 Å². The Labute approximate surface area is 115 Å². The monoisotopic (exact) mass is 257 g/mol. The average molecular weight is 257 g/mol. The third-order valence-electron chi connectivity index (χ3n) is 3.37. The number of aryl methyl sites for hydroxylation is 2. The number of hydrogen-bond donors (Lipinski definition) is 1. The van der Waals surface area contributed by atoms with Crippen LogP contribution in [0.3, 0.4) is 0 Å². The van der Waals surface area contributed by atoms with E-state index in [2.05, 4.69) is 53.0 Å². The first-order valence-corrected chi connectivity index (χ1v) is 6.89. The zero-order chi connectivity index (χ0) is 13.7. The molecule has 1 N–H and O–H groups in total. The van der Waals surface area contributed by atoms with Crippen LogP contribution in [-0.2, 0) is 13.1 Å². The van der Waals surface area contributed by atoms with Gasteiger partial charge in [0, 0.05) is 25.5 Å². The molecule has 102 valence electrons. The first-order valence-electron chi connectivity index (χ1n) is 6.89. The Hall–Kier alpha value is -1.61. The van der Waals surface area contributed by atoms with Crippen LogP contribution in [0.4, 0.5) is 0 Å². The molecule has 0 spiro atoms. The van der Waals surface area contributed by atoms with Crippen LogP contribution in [0.15, 0.2) is 36.7 Å². The summed E-state index contributed by atoms with van der Waals surface area (Å²) in [5.74, 6) is 1.68. The minimum atomic E-state index is 0.596. The Morgan fingerprint density at radius 2 is 1.95 bits per heavy atom. The van der Waals surface area contributed by atoms with Crippen LogP contribution < -0.4 is 5.32 Å². The molecule has 3 nitrogen and oxygen atoms in total. The van der Waals surface area contributed by atoms with Gasteiger partial charge in [0.15, 0.2) is 0 Å². The van der Waals surface area contributed by atoms with E-state index in [-0.39, 0.29) is 0 Å². The van der Waals surface area contributed by atoms with Gasteiger partial charge in [-0.05, 0) is 31.9 Å². The molecule has 0 radical (unpaired) electrons. The predicted octanol–water partition coefficient (Wildman–Crippen LogP) is 2.93. The molecule has 1 aromatic heterocycles. The van der Waals surface area contributed by atoms with Crippen LogP contribution in [0.5, 0.6) is 0 Å². The average Bonchev–Trinajstić information content (AvgIpc) is 2.78. The predicted molar refractivity (Wildman–Crippen MR) is 79.0 cm³/mol. The number of nitrogens with one attached hydrogen (secondary N) is 1. The Kier molecular flexibility index (Phi) is 4.74. The highest BCUT2D eigenvalue weighted by atomic mass is 15.1. The minimum absolute atomic E-state index is 0.596. The van der Waals surface area contributed by atoms with Gasteiger partial charge in [-0.25, -0.2) is 4.98 Å². The Morgan fingerprint density at radius 3 is 2.58 bits per heavy atom. The summed E-state index contributed by atoms with van der Waals surface area (Å²) in [6.45, 7) is 9.41. The molecule has 0 bridgehead atoms. The molecule has 19 heavy (non-hydrogen) atoms. The van der Waals surface area contributed by atoms with Gasteiger partial charge < -0.3 is 9.88 Å². The number of benzene rings is 1. The number of hydrogen-bond acceptors (Lipinski definition) is 2. The van der Waals surface area contributed by atoms with Crippen molar-refractivity contribution in [3.63, 3.8) is 0 Å². The topological polar surface area (TPSA) is 29.9 Å². The lowest BCUT2D eigenvalue weighted by atomic mass is 10.1. The molecule has 1 atom stereocenters. The van der Waals surface area contributed by atoms with Crippen LogP contribution in [0.1, 0.15) is 23.9 Å². The van der Waals surface area contributed by atoms with Crippen molar-refractivity contribution < 1.29 is 0 Å². The Morgan fingerprint density at radius 1 is 1.21 bits per heavy atom. The zero-order valence-electron chi connectivity index (χ0n) is 12.1. The van der Waals surface area contributed by atoms with Gasteiger partial charge >= 0.3 is 0 Å². The van der Waals surface area contributed by atoms with E-state index in [9.17, 15) is 0 Å². The molecule has 1 unspecified atom stereocenters. The molecule has 0 aliphatic carbocycles. The van der Waals surface area contributed by atoms with E-state index >= 15 is 0 Å². The highest BCUT2D eigenvalue weighted by Gasteiger charge is 2.04. The third kappa shape index (κ3) is 4.21. The van der Waals surface area contributed by atoms with Crippen molar-refractivity contribution in [3.8, 4) is 0 Å². The van der Waals surface area contributed by atoms with Crippen LogP contribution in [0.25, 0.3) is 0 Å². The van der Waals surface area contributed by atoms with Gasteiger partial charge in [0.25, 0.3) is 0 Å². The molecule has 1 heterocycles. The van der Waals surface area contributed by atoms with Gasteiger partial charge in [0.05, 0.1) is 0 Å². The highest BCUT2D eigenvalue weighted by molar-refractivity contribution is 5.21. The molecule has 0 saturated carbocycles. The fourth-order valence-corrected chi connectivity index (χ4v) is 2.17. The van der Waals surface area contributed by atoms with E-state index in [4.69, 9.17) is 0 Å². The summed E-state index contributed by atoms with van der Waals surface area (Å²) in [6, 6.07) is 8.70. The number of nitrogens with zero attached hydrogens (tertiary/aromatic N) is 2. The molecule has 2 aromatic rings. The van der Waals surface area contributed by atoms with Gasteiger partial charge in [-0.2, -0.15) is 0 Å². The van der Waals surface area contributed by atoms with E-state index in [1.165, 1.54) is 11.1 Å². The summed E-state index contributed by atoms with van der Waals surface area (Å²) in [7, 11) is 0. The van der Waals surface area contributed by atoms with E-state index in [1.54, 1.807) is 0 Å². The summed E-state index contributed by atoms with van der Waals surface area (Å²) in [4.78, 5) is 4.25. The lowest BCUT2D eigenvalue weighted by Crippen LogP contribution is -2.24. The summed E-state index contributed by atoms with van der Waals surface area (Å²) >= 11 is 0. The van der Waals surface area contributed by atoms with Crippen LogP contribution in [0, 0.1) is 19.8 Å². The van der Waals surface area contributed by atoms with Crippen molar-refractivity contribution >= 4 is 0 Å². The summed E-state index contributed by atoms with van der Waals surface area (Å²) < 4.78 is 2.21. The van der Waals surface area contributed by atoms with Crippen LogP contribution in [0.2, 0.25) is 0 Å². The molecule has 0 fully saturated rings. The van der Waals surface area contributed by atoms with Crippen molar-refractivity contribution in [1.29, 1.82) is 0 Å². The fraction of sp³-hybridized carbons (Fsp3) is 0.438. The van der Waals surface area contributed by atoms with Crippen molar-refractivity contribution in [1.82, 2.24) is 14.9 Å². The molecule has 2 rings (SSSR count). The fourth-order valence-electron chi connectivity index (χ4n) is 2.17. The van der Waals surface area contributed by atoms with Crippen LogP contribution >= 0.6 is 0 Å². The Bertz CT molecular complexity index is 499. The molecule has 3 heteroatoms. The first kappa shape index (κ1) is 13.8. The number of aromatic nitrogens is 2. The minimum Gasteiger partial charge on any atom is -0.335 e. The smallest absolute Gasteiger partial charge is 0.105 e. The Balaban J connectivity index is 1.73. The zero-order valence-corrected chi connectivity index (χ0v) is 12.1. The number of rotatable bonds is 6. The van der Waals surface area contributed by atoms with Crippen molar-refractivity contribution in [3.05, 3.63) is 53.6 Å². The van der Waals surface area contributed by atoms with E-state index < -0.39 is 0 Å². The second-order valence-corrected chi connectivity index (χ2v) is 5.35. The molecule has 0 aliphatic heterocycles. The van der Waals surface area contributed by atoms with Crippen LogP contribution in [-0.4, -0.2) is 16.1 Å². The molecular formula is C16H23N3. The van der Waals surface area contributed by atoms with E-state index in [0.717, 1.165) is 25.5 Å². The van der Waals surface area contributed by atoms with Crippen molar-refractivity contribution in [2.45, 2.75) is 33.9 Å². The molecule has 0 aliphatic rings. The summed E-state index contributed by atoms with van der Waals surface area (Å²) in [5, 5.41) is 3.52. The maximum Gasteiger partial charge on any atom is 0.105 e. The van der Waals surface area contributed by atoms with Crippen molar-refractivity contribution in [2.24, 2.45) is 5.92 Å². The van der Waals surface area contributed by atoms with Gasteiger partial charge in [-0.3, -0.25) is 0 Å². The normalized spacial score (nSPS) is 12.6. The largest absolute Gasteiger partial charge is 0.335 e. The number of imidazole rings is 1. The van der Waals surface area contributed by atoms with Gasteiger partial charge in [0.2, 0.25) is 0 Å². The highest BCUT2D eigenvalue weighted by Crippen LogP contribution is 2.05. The molecular weight excluding hydrogens is 234 g/mol. The SMILES string of the molecule is Cc1ccc(CNCC(C)Cn2ccnc2C)cc1. The quantitative estimate of drug-likeness (QED) is 0.862. The molecule has 0 amide bonds. The standard InChI is InChI=1S/C16H23N3/c1-13-4-6-16(7-5-13)11-17-10-14(2)12-19-9-8-18-15(19)3/h4-9,14,17H,10-12H2,1-3H3. The lowest BCUT2D eigenvalue weighted by Gasteiger charge is -2.14. The van der Waals surface area contributed by atoms with Gasteiger partial charge in [0.1, 0.15) is 5.82 Å². The van der Waals surface area contributed by atoms with Gasteiger partial charge in [-0.15, -0.1) is 0 Å². The molecule has 0 saturated heterocycles. The van der Waals surface area contributed by atoms with E-state index in [1.807, 2.05) is 19.3 Å². The summed E-state index contributed by atoms with van der Waals surface area (Å²) in [5.41, 5.74) is 2.66. The maximum absolute atomic E-state index is 4.25. The van der Waals surface area contributed by atoms with Gasteiger partial charge in [-0.1, -0.05) is 36.8 Å². The summed E-state index contributed by atoms with van der Waals surface area (Å²) in [6.07, 6.45) is 3.91. The molecule has 1 aromatic carbocycles. The maximum atomic E-state index is 4.25. The second kappa shape index (κ2) is 6.53.